The SMILES string of the molecule is CCc1c(C(=O)N2CCC(C(=O)O)C2C)cnn1-c1cccc(Cl)c1. The summed E-state index contributed by atoms with van der Waals surface area (Å²) in [6.07, 6.45) is 2.66. The molecule has 2 atom stereocenters. The van der Waals surface area contributed by atoms with E-state index in [1.165, 1.54) is 0 Å². The Hall–Kier alpha value is -2.34. The van der Waals surface area contributed by atoms with Crippen LogP contribution in [-0.2, 0) is 11.2 Å². The number of halogens is 1. The number of carboxylic acid groups (broad SMARTS) is 1. The van der Waals surface area contributed by atoms with Crippen LogP contribution in [0.1, 0.15) is 36.3 Å². The van der Waals surface area contributed by atoms with Gasteiger partial charge in [0.05, 0.1) is 29.1 Å². The standard InChI is InChI=1S/C18H20ClN3O3/c1-3-16-15(10-20-22(16)13-6-4-5-12(19)9-13)17(23)21-8-7-14(11(21)2)18(24)25/h4-6,9-11,14H,3,7-8H2,1-2H3,(H,24,25). The van der Waals surface area contributed by atoms with Crippen molar-refractivity contribution < 1.29 is 14.7 Å². The number of likely N-dealkylation sites (tertiary alicyclic amines) is 1. The highest BCUT2D eigenvalue weighted by Gasteiger charge is 2.39. The Morgan fingerprint density at radius 2 is 2.16 bits per heavy atom. The molecule has 2 aromatic rings. The minimum absolute atomic E-state index is 0.165. The van der Waals surface area contributed by atoms with Crippen LogP contribution in [-0.4, -0.2) is 44.3 Å². The minimum Gasteiger partial charge on any atom is -0.481 e. The summed E-state index contributed by atoms with van der Waals surface area (Å²) >= 11 is 6.06. The Balaban J connectivity index is 1.93. The second kappa shape index (κ2) is 6.88. The molecule has 7 heteroatoms. The predicted octanol–water partition coefficient (Wildman–Crippen LogP) is 3.02. The van der Waals surface area contributed by atoms with Crippen LogP contribution in [0.2, 0.25) is 5.02 Å². The van der Waals surface area contributed by atoms with Gasteiger partial charge in [0.15, 0.2) is 0 Å². The molecule has 1 aliphatic heterocycles. The first-order valence-corrected chi connectivity index (χ1v) is 8.68. The predicted molar refractivity (Wildman–Crippen MR) is 94.2 cm³/mol. The molecular weight excluding hydrogens is 342 g/mol. The van der Waals surface area contributed by atoms with E-state index in [2.05, 4.69) is 5.10 Å². The Labute approximate surface area is 151 Å². The van der Waals surface area contributed by atoms with E-state index in [1.807, 2.05) is 19.1 Å². The van der Waals surface area contributed by atoms with E-state index >= 15 is 0 Å². The van der Waals surface area contributed by atoms with Crippen molar-refractivity contribution >= 4 is 23.5 Å². The lowest BCUT2D eigenvalue weighted by molar-refractivity contribution is -0.142. The van der Waals surface area contributed by atoms with Gasteiger partial charge in [0, 0.05) is 17.6 Å². The number of carbonyl (C=O) groups excluding carboxylic acids is 1. The average molecular weight is 362 g/mol. The summed E-state index contributed by atoms with van der Waals surface area (Å²) in [5.74, 6) is -1.54. The second-order valence-electron chi connectivity index (χ2n) is 6.22. The molecule has 1 fully saturated rings. The molecule has 0 aliphatic carbocycles. The van der Waals surface area contributed by atoms with Gasteiger partial charge in [-0.25, -0.2) is 4.68 Å². The lowest BCUT2D eigenvalue weighted by atomic mass is 10.0. The number of carbonyl (C=O) groups is 2. The summed E-state index contributed by atoms with van der Waals surface area (Å²) in [5.41, 5.74) is 2.10. The van der Waals surface area contributed by atoms with Gasteiger partial charge < -0.3 is 10.0 Å². The zero-order valence-electron chi connectivity index (χ0n) is 14.1. The summed E-state index contributed by atoms with van der Waals surface area (Å²) in [5, 5.41) is 14.2. The van der Waals surface area contributed by atoms with Gasteiger partial charge in [-0.15, -0.1) is 0 Å². The molecule has 25 heavy (non-hydrogen) atoms. The quantitative estimate of drug-likeness (QED) is 0.908. The van der Waals surface area contributed by atoms with Gasteiger partial charge in [-0.2, -0.15) is 5.10 Å². The molecule has 1 aliphatic rings. The number of nitrogens with zero attached hydrogens (tertiary/aromatic N) is 3. The van der Waals surface area contributed by atoms with Crippen molar-refractivity contribution in [2.24, 2.45) is 5.92 Å². The summed E-state index contributed by atoms with van der Waals surface area (Å²) in [6.45, 7) is 4.20. The zero-order chi connectivity index (χ0) is 18.1. The first kappa shape index (κ1) is 17.5. The number of hydrogen-bond acceptors (Lipinski definition) is 3. The topological polar surface area (TPSA) is 75.4 Å². The molecule has 1 aromatic heterocycles. The smallest absolute Gasteiger partial charge is 0.308 e. The Kier molecular flexibility index (Phi) is 4.81. The number of benzene rings is 1. The highest BCUT2D eigenvalue weighted by atomic mass is 35.5. The van der Waals surface area contributed by atoms with Crippen molar-refractivity contribution in [2.45, 2.75) is 32.7 Å². The minimum atomic E-state index is -0.854. The zero-order valence-corrected chi connectivity index (χ0v) is 14.9. The van der Waals surface area contributed by atoms with E-state index in [4.69, 9.17) is 11.6 Å². The van der Waals surface area contributed by atoms with Gasteiger partial charge in [-0.1, -0.05) is 24.6 Å². The van der Waals surface area contributed by atoms with Crippen LogP contribution in [0, 0.1) is 5.92 Å². The summed E-state index contributed by atoms with van der Waals surface area (Å²) < 4.78 is 1.72. The monoisotopic (exact) mass is 361 g/mol. The summed E-state index contributed by atoms with van der Waals surface area (Å²) in [6, 6.07) is 6.96. The highest BCUT2D eigenvalue weighted by Crippen LogP contribution is 2.28. The molecule has 0 radical (unpaired) electrons. The fourth-order valence-corrected chi connectivity index (χ4v) is 3.62. The highest BCUT2D eigenvalue weighted by molar-refractivity contribution is 6.30. The largest absolute Gasteiger partial charge is 0.481 e. The number of hydrogen-bond donors (Lipinski definition) is 1. The normalized spacial score (nSPS) is 20.0. The molecule has 1 saturated heterocycles. The van der Waals surface area contributed by atoms with E-state index in [-0.39, 0.29) is 11.9 Å². The molecular formula is C18H20ClN3O3. The molecule has 1 N–H and O–H groups in total. The number of amides is 1. The van der Waals surface area contributed by atoms with Crippen LogP contribution in [0.15, 0.2) is 30.5 Å². The fraction of sp³-hybridized carbons (Fsp3) is 0.389. The van der Waals surface area contributed by atoms with Crippen LogP contribution in [0.25, 0.3) is 5.69 Å². The Morgan fingerprint density at radius 3 is 2.76 bits per heavy atom. The summed E-state index contributed by atoms with van der Waals surface area (Å²) in [4.78, 5) is 25.9. The van der Waals surface area contributed by atoms with E-state index in [9.17, 15) is 14.7 Å². The number of aromatic nitrogens is 2. The van der Waals surface area contributed by atoms with Crippen molar-refractivity contribution in [3.05, 3.63) is 46.7 Å². The molecule has 0 bridgehead atoms. The molecule has 1 aromatic carbocycles. The fourth-order valence-electron chi connectivity index (χ4n) is 3.43. The first-order valence-electron chi connectivity index (χ1n) is 8.30. The second-order valence-corrected chi connectivity index (χ2v) is 6.66. The van der Waals surface area contributed by atoms with Crippen molar-refractivity contribution in [2.75, 3.05) is 6.54 Å². The van der Waals surface area contributed by atoms with Crippen LogP contribution < -0.4 is 0 Å². The maximum absolute atomic E-state index is 13.0. The maximum Gasteiger partial charge on any atom is 0.308 e. The van der Waals surface area contributed by atoms with Crippen molar-refractivity contribution in [1.82, 2.24) is 14.7 Å². The van der Waals surface area contributed by atoms with Crippen molar-refractivity contribution in [3.63, 3.8) is 0 Å². The summed E-state index contributed by atoms with van der Waals surface area (Å²) in [7, 11) is 0. The van der Waals surface area contributed by atoms with Crippen LogP contribution in [0.3, 0.4) is 0 Å². The van der Waals surface area contributed by atoms with E-state index < -0.39 is 11.9 Å². The molecule has 2 heterocycles. The molecule has 0 spiro atoms. The van der Waals surface area contributed by atoms with Gasteiger partial charge in [0.1, 0.15) is 0 Å². The van der Waals surface area contributed by atoms with Crippen molar-refractivity contribution in [3.8, 4) is 5.69 Å². The molecule has 3 rings (SSSR count). The molecule has 0 saturated carbocycles. The van der Waals surface area contributed by atoms with Gasteiger partial charge >= 0.3 is 5.97 Å². The Bertz CT molecular complexity index is 818. The molecule has 6 nitrogen and oxygen atoms in total. The lowest BCUT2D eigenvalue weighted by Crippen LogP contribution is -2.38. The van der Waals surface area contributed by atoms with Crippen LogP contribution in [0.5, 0.6) is 0 Å². The van der Waals surface area contributed by atoms with E-state index in [1.54, 1.807) is 34.8 Å². The Morgan fingerprint density at radius 1 is 1.40 bits per heavy atom. The van der Waals surface area contributed by atoms with Crippen LogP contribution >= 0.6 is 11.6 Å². The first-order chi connectivity index (χ1) is 11.9. The third-order valence-electron chi connectivity index (χ3n) is 4.82. The molecule has 132 valence electrons. The molecule has 2 unspecified atom stereocenters. The van der Waals surface area contributed by atoms with Gasteiger partial charge in [0.25, 0.3) is 5.91 Å². The van der Waals surface area contributed by atoms with Crippen LogP contribution in [0.4, 0.5) is 0 Å². The average Bonchev–Trinajstić information content (AvgIpc) is 3.17. The number of carboxylic acids is 1. The molecule has 1 amide bonds. The lowest BCUT2D eigenvalue weighted by Gasteiger charge is -2.23. The van der Waals surface area contributed by atoms with Gasteiger partial charge in [0.2, 0.25) is 0 Å². The number of aliphatic carboxylic acids is 1. The van der Waals surface area contributed by atoms with Crippen molar-refractivity contribution in [1.29, 1.82) is 0 Å². The van der Waals surface area contributed by atoms with E-state index in [0.29, 0.717) is 30.0 Å². The third kappa shape index (κ3) is 3.14. The maximum atomic E-state index is 13.0. The van der Waals surface area contributed by atoms with Gasteiger partial charge in [-0.05, 0) is 38.0 Å². The van der Waals surface area contributed by atoms with Gasteiger partial charge in [-0.3, -0.25) is 9.59 Å². The van der Waals surface area contributed by atoms with E-state index in [0.717, 1.165) is 11.4 Å². The number of rotatable bonds is 4. The third-order valence-corrected chi connectivity index (χ3v) is 5.06.